The summed E-state index contributed by atoms with van der Waals surface area (Å²) in [6.07, 6.45) is -0.235. The first-order chi connectivity index (χ1) is 22.4. The van der Waals surface area contributed by atoms with Gasteiger partial charge < -0.3 is 28.5 Å². The fourth-order valence-corrected chi connectivity index (χ4v) is 4.97. The molecule has 0 aliphatic carbocycles. The third-order valence-electron chi connectivity index (χ3n) is 7.20. The molecule has 7 nitrogen and oxygen atoms in total. The van der Waals surface area contributed by atoms with E-state index < -0.39 is 11.2 Å². The van der Waals surface area contributed by atoms with Gasteiger partial charge in [-0.3, -0.25) is 4.79 Å². The van der Waals surface area contributed by atoms with E-state index in [1.54, 1.807) is 30.3 Å². The number of aromatic hydroxyl groups is 1. The van der Waals surface area contributed by atoms with Gasteiger partial charge in [-0.05, 0) is 48.7 Å². The van der Waals surface area contributed by atoms with Crippen LogP contribution in [0.15, 0.2) is 131 Å². The topological polar surface area (TPSA) is 87.4 Å². The Hall–Kier alpha value is -5.69. The maximum Gasteiger partial charge on any atom is 0.238 e. The van der Waals surface area contributed by atoms with Crippen LogP contribution in [-0.2, 0) is 19.8 Å². The third-order valence-corrected chi connectivity index (χ3v) is 7.20. The predicted octanol–water partition coefficient (Wildman–Crippen LogP) is 8.69. The van der Waals surface area contributed by atoms with Gasteiger partial charge in [0.25, 0.3) is 0 Å². The first kappa shape index (κ1) is 30.3. The van der Waals surface area contributed by atoms with Gasteiger partial charge in [-0.25, -0.2) is 0 Å². The van der Waals surface area contributed by atoms with Crippen molar-refractivity contribution in [3.05, 3.63) is 148 Å². The molecule has 1 N–H and O–H groups in total. The second-order valence-electron chi connectivity index (χ2n) is 11.1. The van der Waals surface area contributed by atoms with E-state index in [4.69, 9.17) is 23.4 Å². The molecule has 0 radical (unpaired) electrons. The van der Waals surface area contributed by atoms with E-state index in [-0.39, 0.29) is 35.2 Å². The van der Waals surface area contributed by atoms with Crippen LogP contribution >= 0.6 is 0 Å². The molecule has 0 bridgehead atoms. The molecule has 7 heteroatoms. The van der Waals surface area contributed by atoms with Gasteiger partial charge in [-0.1, -0.05) is 91.0 Å². The lowest BCUT2D eigenvalue weighted by atomic mass is 10.1. The second-order valence-corrected chi connectivity index (χ2v) is 11.1. The summed E-state index contributed by atoms with van der Waals surface area (Å²) in [6, 6.07) is 37.8. The standard InChI is InChI=1S/C39H34O7/c1-26(2)45-34-21-31(42-23-27-12-6-3-7-13-27)22-35-36(34)37(40)38(41)39(46-35)30-18-19-32(43-24-28-14-8-4-9-15-28)33(20-30)44-25-29-16-10-5-11-17-29/h3-22,26,41H,23-25H2,1-2H3. The summed E-state index contributed by atoms with van der Waals surface area (Å²) in [5.74, 6) is 1.13. The molecule has 0 aliphatic rings. The van der Waals surface area contributed by atoms with Crippen LogP contribution in [0, 0.1) is 0 Å². The normalized spacial score (nSPS) is 11.0. The molecule has 0 saturated carbocycles. The Balaban J connectivity index is 1.39. The van der Waals surface area contributed by atoms with E-state index in [0.29, 0.717) is 36.0 Å². The van der Waals surface area contributed by atoms with E-state index >= 15 is 0 Å². The Labute approximate surface area is 267 Å². The Morgan fingerprint density at radius 3 is 1.74 bits per heavy atom. The molecule has 46 heavy (non-hydrogen) atoms. The van der Waals surface area contributed by atoms with Gasteiger partial charge in [0.05, 0.1) is 6.10 Å². The highest BCUT2D eigenvalue weighted by Crippen LogP contribution is 2.40. The van der Waals surface area contributed by atoms with Crippen LogP contribution in [0.1, 0.15) is 30.5 Å². The molecule has 0 unspecified atom stereocenters. The minimum atomic E-state index is -0.613. The summed E-state index contributed by atoms with van der Waals surface area (Å²) in [4.78, 5) is 13.7. The van der Waals surface area contributed by atoms with E-state index in [2.05, 4.69) is 0 Å². The van der Waals surface area contributed by atoms with Gasteiger partial charge in [-0.2, -0.15) is 0 Å². The lowest BCUT2D eigenvalue weighted by Gasteiger charge is -2.16. The summed E-state index contributed by atoms with van der Waals surface area (Å²) in [7, 11) is 0. The van der Waals surface area contributed by atoms with Crippen LogP contribution in [-0.4, -0.2) is 11.2 Å². The van der Waals surface area contributed by atoms with Crippen molar-refractivity contribution < 1.29 is 28.5 Å². The lowest BCUT2D eigenvalue weighted by molar-refractivity contribution is 0.242. The molecule has 1 heterocycles. The molecular weight excluding hydrogens is 580 g/mol. The van der Waals surface area contributed by atoms with Crippen LogP contribution in [0.2, 0.25) is 0 Å². The first-order valence-electron chi connectivity index (χ1n) is 15.1. The molecule has 5 aromatic carbocycles. The van der Waals surface area contributed by atoms with Crippen LogP contribution in [0.5, 0.6) is 28.7 Å². The summed E-state index contributed by atoms with van der Waals surface area (Å²) >= 11 is 0. The van der Waals surface area contributed by atoms with Gasteiger partial charge in [0.1, 0.15) is 42.3 Å². The molecule has 0 fully saturated rings. The number of hydrogen-bond acceptors (Lipinski definition) is 7. The zero-order chi connectivity index (χ0) is 31.9. The Bertz CT molecular complexity index is 1970. The molecule has 0 atom stereocenters. The van der Waals surface area contributed by atoms with Gasteiger partial charge in [-0.15, -0.1) is 0 Å². The van der Waals surface area contributed by atoms with Gasteiger partial charge in [0, 0.05) is 17.7 Å². The van der Waals surface area contributed by atoms with Crippen LogP contribution < -0.4 is 24.4 Å². The highest BCUT2D eigenvalue weighted by molar-refractivity contribution is 5.88. The number of ether oxygens (including phenoxy) is 4. The van der Waals surface area contributed by atoms with Crippen molar-refractivity contribution in [2.24, 2.45) is 0 Å². The second kappa shape index (κ2) is 13.9. The molecule has 1 aromatic heterocycles. The molecule has 6 rings (SSSR count). The Morgan fingerprint density at radius 1 is 0.630 bits per heavy atom. The maximum absolute atomic E-state index is 13.7. The summed E-state index contributed by atoms with van der Waals surface area (Å²) in [5, 5.41) is 11.3. The van der Waals surface area contributed by atoms with Crippen LogP contribution in [0.4, 0.5) is 0 Å². The van der Waals surface area contributed by atoms with Crippen molar-refractivity contribution in [3.8, 4) is 40.1 Å². The van der Waals surface area contributed by atoms with Crippen molar-refractivity contribution in [1.29, 1.82) is 0 Å². The van der Waals surface area contributed by atoms with Crippen molar-refractivity contribution in [2.75, 3.05) is 0 Å². The molecule has 0 amide bonds. The van der Waals surface area contributed by atoms with E-state index in [1.807, 2.05) is 105 Å². The molecule has 0 saturated heterocycles. The van der Waals surface area contributed by atoms with Gasteiger partial charge in [0.2, 0.25) is 11.2 Å². The summed E-state index contributed by atoms with van der Waals surface area (Å²) in [5.41, 5.74) is 3.01. The highest BCUT2D eigenvalue weighted by Gasteiger charge is 2.22. The van der Waals surface area contributed by atoms with Crippen molar-refractivity contribution in [1.82, 2.24) is 0 Å². The average molecular weight is 615 g/mol. The Morgan fingerprint density at radius 2 is 1.17 bits per heavy atom. The fraction of sp³-hybridized carbons (Fsp3) is 0.154. The lowest BCUT2D eigenvalue weighted by Crippen LogP contribution is -2.11. The predicted molar refractivity (Wildman–Crippen MR) is 178 cm³/mol. The number of rotatable bonds is 12. The number of hydrogen-bond donors (Lipinski definition) is 1. The minimum absolute atomic E-state index is 0.00706. The molecule has 6 aromatic rings. The van der Waals surface area contributed by atoms with Gasteiger partial charge >= 0.3 is 0 Å². The van der Waals surface area contributed by atoms with Crippen molar-refractivity contribution in [2.45, 2.75) is 39.8 Å². The molecule has 0 spiro atoms. The largest absolute Gasteiger partial charge is 0.502 e. The fourth-order valence-electron chi connectivity index (χ4n) is 4.97. The molecule has 232 valence electrons. The quantitative estimate of drug-likeness (QED) is 0.148. The Kier molecular flexibility index (Phi) is 9.20. The summed E-state index contributed by atoms with van der Waals surface area (Å²) < 4.78 is 30.7. The van der Waals surface area contributed by atoms with E-state index in [9.17, 15) is 9.90 Å². The van der Waals surface area contributed by atoms with Crippen molar-refractivity contribution in [3.63, 3.8) is 0 Å². The van der Waals surface area contributed by atoms with Gasteiger partial charge in [0.15, 0.2) is 17.3 Å². The van der Waals surface area contributed by atoms with E-state index in [1.165, 1.54) is 0 Å². The first-order valence-corrected chi connectivity index (χ1v) is 15.1. The zero-order valence-corrected chi connectivity index (χ0v) is 25.6. The van der Waals surface area contributed by atoms with Crippen LogP contribution in [0.25, 0.3) is 22.3 Å². The van der Waals surface area contributed by atoms with Crippen LogP contribution in [0.3, 0.4) is 0 Å². The number of fused-ring (bicyclic) bond motifs is 1. The highest BCUT2D eigenvalue weighted by atomic mass is 16.5. The monoisotopic (exact) mass is 614 g/mol. The van der Waals surface area contributed by atoms with E-state index in [0.717, 1.165) is 16.7 Å². The zero-order valence-electron chi connectivity index (χ0n) is 25.6. The number of benzene rings is 5. The third kappa shape index (κ3) is 7.16. The molecule has 0 aliphatic heterocycles. The SMILES string of the molecule is CC(C)Oc1cc(OCc2ccccc2)cc2oc(-c3ccc(OCc4ccccc4)c(OCc4ccccc4)c3)c(O)c(=O)c12. The van der Waals surface area contributed by atoms with Crippen molar-refractivity contribution >= 4 is 11.0 Å². The molecular formula is C39H34O7. The smallest absolute Gasteiger partial charge is 0.238 e. The maximum atomic E-state index is 13.7. The summed E-state index contributed by atoms with van der Waals surface area (Å²) in [6.45, 7) is 4.66. The average Bonchev–Trinajstić information content (AvgIpc) is 3.08. The minimum Gasteiger partial charge on any atom is -0.502 e.